The molecule has 0 unspecified atom stereocenters. The first kappa shape index (κ1) is 11.0. The number of rotatable bonds is 3. The number of piperidine rings is 1. The highest BCUT2D eigenvalue weighted by atomic mass is 32.2. The maximum Gasteiger partial charge on any atom is 0.0141 e. The van der Waals surface area contributed by atoms with E-state index in [1.165, 1.54) is 30.8 Å². The topological polar surface area (TPSA) is 15.3 Å². The van der Waals surface area contributed by atoms with E-state index in [2.05, 4.69) is 40.8 Å². The summed E-state index contributed by atoms with van der Waals surface area (Å²) in [5.41, 5.74) is 3.21. The van der Waals surface area contributed by atoms with E-state index in [0.717, 1.165) is 5.25 Å². The monoisotopic (exact) mass is 222 g/mol. The minimum absolute atomic E-state index is 0.789. The molecule has 1 aliphatic rings. The van der Waals surface area contributed by atoms with Crippen LogP contribution in [-0.4, -0.2) is 30.4 Å². The maximum absolute atomic E-state index is 3.21. The summed E-state index contributed by atoms with van der Waals surface area (Å²) in [4.78, 5) is 1.40. The highest BCUT2D eigenvalue weighted by Gasteiger charge is 2.18. The Balaban J connectivity index is 1.82. The van der Waals surface area contributed by atoms with Crippen molar-refractivity contribution in [3.05, 3.63) is 30.3 Å². The van der Waals surface area contributed by atoms with Crippen molar-refractivity contribution in [3.63, 3.8) is 0 Å². The largest absolute Gasteiger partial charge is 0.258 e. The number of nitrogens with one attached hydrogen (secondary N) is 1. The first-order chi connectivity index (χ1) is 7.38. The lowest BCUT2D eigenvalue weighted by Gasteiger charge is -2.30. The van der Waals surface area contributed by atoms with Gasteiger partial charge >= 0.3 is 0 Å². The predicted molar refractivity (Wildman–Crippen MR) is 66.0 cm³/mol. The highest BCUT2D eigenvalue weighted by molar-refractivity contribution is 8.00. The normalized spacial score (nSPS) is 19.3. The molecule has 0 aliphatic carbocycles. The van der Waals surface area contributed by atoms with Gasteiger partial charge in [-0.05, 0) is 32.0 Å². The Morgan fingerprint density at radius 2 is 1.87 bits per heavy atom. The number of hydrogen-bond acceptors (Lipinski definition) is 3. The minimum Gasteiger partial charge on any atom is -0.258 e. The van der Waals surface area contributed by atoms with Gasteiger partial charge in [0.1, 0.15) is 0 Å². The second-order valence-corrected chi connectivity index (χ2v) is 5.21. The minimum atomic E-state index is 0.789. The zero-order valence-electron chi connectivity index (χ0n) is 9.15. The summed E-state index contributed by atoms with van der Waals surface area (Å²) in [7, 11) is 2.00. The third kappa shape index (κ3) is 3.23. The van der Waals surface area contributed by atoms with Crippen LogP contribution in [0.2, 0.25) is 0 Å². The second kappa shape index (κ2) is 5.54. The van der Waals surface area contributed by atoms with Crippen LogP contribution in [0.4, 0.5) is 0 Å². The number of hydrogen-bond donors (Lipinski definition) is 1. The molecule has 1 aliphatic heterocycles. The molecule has 15 heavy (non-hydrogen) atoms. The average Bonchev–Trinajstić information content (AvgIpc) is 2.31. The molecule has 1 aromatic rings. The standard InChI is InChI=1S/C12H18N2S/c1-13-14-9-7-12(8-10-14)15-11-5-3-2-4-6-11/h2-6,12-13H,7-10H2,1H3. The quantitative estimate of drug-likeness (QED) is 0.845. The van der Waals surface area contributed by atoms with E-state index in [-0.39, 0.29) is 0 Å². The molecule has 0 bridgehead atoms. The number of thioether (sulfide) groups is 1. The molecule has 2 nitrogen and oxygen atoms in total. The Bertz CT molecular complexity index is 281. The molecule has 82 valence electrons. The maximum atomic E-state index is 3.21. The summed E-state index contributed by atoms with van der Waals surface area (Å²) < 4.78 is 0. The summed E-state index contributed by atoms with van der Waals surface area (Å²) in [5.74, 6) is 0. The lowest BCUT2D eigenvalue weighted by Crippen LogP contribution is -2.42. The van der Waals surface area contributed by atoms with Gasteiger partial charge in [0.15, 0.2) is 0 Å². The van der Waals surface area contributed by atoms with Crippen molar-refractivity contribution < 1.29 is 0 Å². The highest BCUT2D eigenvalue weighted by Crippen LogP contribution is 2.29. The van der Waals surface area contributed by atoms with Crippen molar-refractivity contribution >= 4 is 11.8 Å². The van der Waals surface area contributed by atoms with E-state index in [1.54, 1.807) is 0 Å². The molecule has 0 radical (unpaired) electrons. The summed E-state index contributed by atoms with van der Waals surface area (Å²) in [6, 6.07) is 10.7. The van der Waals surface area contributed by atoms with Gasteiger partial charge in [-0.15, -0.1) is 11.8 Å². The van der Waals surface area contributed by atoms with Gasteiger partial charge in [0.25, 0.3) is 0 Å². The molecule has 1 fully saturated rings. The third-order valence-corrected chi connectivity index (χ3v) is 4.15. The van der Waals surface area contributed by atoms with Crippen molar-refractivity contribution in [2.24, 2.45) is 0 Å². The molecule has 1 saturated heterocycles. The van der Waals surface area contributed by atoms with E-state index < -0.39 is 0 Å². The fourth-order valence-electron chi connectivity index (χ4n) is 1.89. The van der Waals surface area contributed by atoms with Gasteiger partial charge in [0.05, 0.1) is 0 Å². The van der Waals surface area contributed by atoms with Crippen LogP contribution in [0, 0.1) is 0 Å². The molecule has 0 amide bonds. The first-order valence-corrected chi connectivity index (χ1v) is 6.40. The summed E-state index contributed by atoms with van der Waals surface area (Å²) in [6.07, 6.45) is 2.56. The van der Waals surface area contributed by atoms with Crippen LogP contribution >= 0.6 is 11.8 Å². The van der Waals surface area contributed by atoms with Crippen molar-refractivity contribution in [2.75, 3.05) is 20.1 Å². The van der Waals surface area contributed by atoms with E-state index in [4.69, 9.17) is 0 Å². The molecule has 3 heteroatoms. The molecule has 1 aromatic carbocycles. The fraction of sp³-hybridized carbons (Fsp3) is 0.500. The van der Waals surface area contributed by atoms with Gasteiger partial charge < -0.3 is 0 Å². The third-order valence-electron chi connectivity index (χ3n) is 2.80. The average molecular weight is 222 g/mol. The smallest absolute Gasteiger partial charge is 0.0141 e. The van der Waals surface area contributed by atoms with Crippen LogP contribution in [-0.2, 0) is 0 Å². The molecular weight excluding hydrogens is 204 g/mol. The zero-order valence-corrected chi connectivity index (χ0v) is 9.96. The van der Waals surface area contributed by atoms with E-state index in [9.17, 15) is 0 Å². The Labute approximate surface area is 96.0 Å². The first-order valence-electron chi connectivity index (χ1n) is 5.52. The lowest BCUT2D eigenvalue weighted by molar-refractivity contribution is 0.174. The van der Waals surface area contributed by atoms with E-state index in [0.29, 0.717) is 0 Å². The Morgan fingerprint density at radius 3 is 2.47 bits per heavy atom. The van der Waals surface area contributed by atoms with Crippen LogP contribution in [0.15, 0.2) is 35.2 Å². The molecule has 0 saturated carbocycles. The number of hydrazine groups is 1. The van der Waals surface area contributed by atoms with Gasteiger partial charge in [-0.3, -0.25) is 5.43 Å². The fourth-order valence-corrected chi connectivity index (χ4v) is 3.03. The molecule has 0 atom stereocenters. The molecule has 1 heterocycles. The van der Waals surface area contributed by atoms with Gasteiger partial charge in [-0.1, -0.05) is 18.2 Å². The summed E-state index contributed by atoms with van der Waals surface area (Å²) in [6.45, 7) is 2.34. The lowest BCUT2D eigenvalue weighted by atomic mass is 10.1. The Morgan fingerprint density at radius 1 is 1.20 bits per heavy atom. The van der Waals surface area contributed by atoms with Gasteiger partial charge in [0.2, 0.25) is 0 Å². The predicted octanol–water partition coefficient (Wildman–Crippen LogP) is 2.38. The number of benzene rings is 1. The van der Waals surface area contributed by atoms with Crippen LogP contribution in [0.5, 0.6) is 0 Å². The molecular formula is C12H18N2S. The van der Waals surface area contributed by atoms with Crippen molar-refractivity contribution in [2.45, 2.75) is 23.0 Å². The van der Waals surface area contributed by atoms with Gasteiger partial charge in [-0.2, -0.15) is 0 Å². The molecule has 2 rings (SSSR count). The summed E-state index contributed by atoms with van der Waals surface area (Å²) >= 11 is 2.02. The second-order valence-electron chi connectivity index (χ2n) is 3.84. The molecule has 1 N–H and O–H groups in total. The zero-order chi connectivity index (χ0) is 10.5. The van der Waals surface area contributed by atoms with Crippen LogP contribution in [0.25, 0.3) is 0 Å². The van der Waals surface area contributed by atoms with E-state index in [1.807, 2.05) is 18.8 Å². The van der Waals surface area contributed by atoms with E-state index >= 15 is 0 Å². The number of nitrogens with zero attached hydrogens (tertiary/aromatic N) is 1. The van der Waals surface area contributed by atoms with Crippen molar-refractivity contribution in [1.82, 2.24) is 10.4 Å². The van der Waals surface area contributed by atoms with Crippen LogP contribution in [0.1, 0.15) is 12.8 Å². The molecule has 0 aromatic heterocycles. The van der Waals surface area contributed by atoms with Gasteiger partial charge in [-0.25, -0.2) is 5.01 Å². The van der Waals surface area contributed by atoms with Crippen molar-refractivity contribution in [3.8, 4) is 0 Å². The van der Waals surface area contributed by atoms with Crippen LogP contribution < -0.4 is 5.43 Å². The van der Waals surface area contributed by atoms with Crippen LogP contribution in [0.3, 0.4) is 0 Å². The molecule has 0 spiro atoms. The Hall–Kier alpha value is -0.510. The van der Waals surface area contributed by atoms with Gasteiger partial charge in [0, 0.05) is 23.2 Å². The summed E-state index contributed by atoms with van der Waals surface area (Å²) in [5, 5.41) is 3.08. The van der Waals surface area contributed by atoms with Crippen molar-refractivity contribution in [1.29, 1.82) is 0 Å². The Kier molecular flexibility index (Phi) is 4.06. The SMILES string of the molecule is CNN1CCC(Sc2ccccc2)CC1.